The van der Waals surface area contributed by atoms with E-state index in [0.717, 1.165) is 10.6 Å². The fraction of sp³-hybridized carbons (Fsp3) is 0.0952. The summed E-state index contributed by atoms with van der Waals surface area (Å²) in [5.74, 6) is -0.421. The van der Waals surface area contributed by atoms with Crippen LogP contribution in [0.25, 0.3) is 0 Å². The molecular weight excluding hydrogens is 502 g/mol. The molecule has 0 unspecified atom stereocenters. The highest BCUT2D eigenvalue weighted by Gasteiger charge is 2.21. The van der Waals surface area contributed by atoms with E-state index in [-0.39, 0.29) is 6.54 Å². The minimum atomic E-state index is -3.66. The summed E-state index contributed by atoms with van der Waals surface area (Å²) < 4.78 is 26.0. The van der Waals surface area contributed by atoms with E-state index in [9.17, 15) is 13.2 Å². The number of anilines is 2. The molecule has 0 saturated heterocycles. The number of benzene rings is 3. The van der Waals surface area contributed by atoms with E-state index < -0.39 is 15.9 Å². The summed E-state index contributed by atoms with van der Waals surface area (Å²) in [6.45, 7) is -0.0546. The Morgan fingerprint density at radius 3 is 2.10 bits per heavy atom. The quantitative estimate of drug-likeness (QED) is 0.404. The second-order valence-electron chi connectivity index (χ2n) is 6.60. The number of amides is 1. The van der Waals surface area contributed by atoms with Gasteiger partial charge in [0.05, 0.1) is 29.2 Å². The summed E-state index contributed by atoms with van der Waals surface area (Å²) in [6.07, 6.45) is 1.08. The molecule has 5 nitrogen and oxygen atoms in total. The van der Waals surface area contributed by atoms with Gasteiger partial charge in [-0.05, 0) is 54.6 Å². The first-order valence-electron chi connectivity index (χ1n) is 8.83. The van der Waals surface area contributed by atoms with Crippen LogP contribution in [0, 0.1) is 0 Å². The third-order valence-electron chi connectivity index (χ3n) is 4.36. The predicted octanol–water partition coefficient (Wildman–Crippen LogP) is 6.52. The summed E-state index contributed by atoms with van der Waals surface area (Å²) in [7, 11) is -3.66. The smallest absolute Gasteiger partial charge is 0.255 e. The SMILES string of the molecule is CS(=O)(=O)N(Cc1c(Cl)cccc1Cl)c1ccc(C(=O)Nc2cc(Cl)ccc2Cl)cc1. The van der Waals surface area contributed by atoms with Crippen molar-refractivity contribution in [1.82, 2.24) is 0 Å². The third kappa shape index (κ3) is 5.84. The van der Waals surface area contributed by atoms with E-state index in [1.54, 1.807) is 30.3 Å². The molecule has 0 bridgehead atoms. The highest BCUT2D eigenvalue weighted by atomic mass is 35.5. The van der Waals surface area contributed by atoms with Crippen LogP contribution in [0.1, 0.15) is 15.9 Å². The summed E-state index contributed by atoms with van der Waals surface area (Å²) >= 11 is 24.4. The van der Waals surface area contributed by atoms with Crippen molar-refractivity contribution < 1.29 is 13.2 Å². The van der Waals surface area contributed by atoms with Gasteiger partial charge in [-0.2, -0.15) is 0 Å². The summed E-state index contributed by atoms with van der Waals surface area (Å²) in [5, 5.41) is 4.16. The van der Waals surface area contributed by atoms with Crippen molar-refractivity contribution in [1.29, 1.82) is 0 Å². The Kier molecular flexibility index (Phi) is 7.39. The normalized spacial score (nSPS) is 11.3. The molecule has 1 amide bonds. The Bertz CT molecular complexity index is 1210. The van der Waals surface area contributed by atoms with Crippen molar-refractivity contribution in [3.05, 3.63) is 91.9 Å². The van der Waals surface area contributed by atoms with Gasteiger partial charge in [-0.1, -0.05) is 52.5 Å². The molecule has 0 aliphatic heterocycles. The number of sulfonamides is 1. The van der Waals surface area contributed by atoms with Crippen LogP contribution in [0.3, 0.4) is 0 Å². The first-order chi connectivity index (χ1) is 14.6. The Hall–Kier alpha value is -1.96. The van der Waals surface area contributed by atoms with E-state index in [0.29, 0.717) is 42.6 Å². The van der Waals surface area contributed by atoms with Crippen molar-refractivity contribution >= 4 is 73.7 Å². The molecule has 0 atom stereocenters. The van der Waals surface area contributed by atoms with Gasteiger partial charge >= 0.3 is 0 Å². The first-order valence-corrected chi connectivity index (χ1v) is 12.2. The van der Waals surface area contributed by atoms with Crippen molar-refractivity contribution in [2.24, 2.45) is 0 Å². The zero-order chi connectivity index (χ0) is 22.8. The van der Waals surface area contributed by atoms with Crippen LogP contribution in [0.2, 0.25) is 20.1 Å². The monoisotopic (exact) mass is 516 g/mol. The lowest BCUT2D eigenvalue weighted by molar-refractivity contribution is 0.102. The second kappa shape index (κ2) is 9.67. The number of carbonyl (C=O) groups is 1. The number of nitrogens with zero attached hydrogens (tertiary/aromatic N) is 1. The highest BCUT2D eigenvalue weighted by molar-refractivity contribution is 7.92. The Labute approximate surface area is 200 Å². The number of nitrogens with one attached hydrogen (secondary N) is 1. The van der Waals surface area contributed by atoms with E-state index in [2.05, 4.69) is 5.32 Å². The number of hydrogen-bond donors (Lipinski definition) is 1. The lowest BCUT2D eigenvalue weighted by atomic mass is 10.1. The molecule has 0 heterocycles. The largest absolute Gasteiger partial charge is 0.321 e. The molecule has 3 rings (SSSR count). The summed E-state index contributed by atoms with van der Waals surface area (Å²) in [6, 6.07) is 15.8. The van der Waals surface area contributed by atoms with Gasteiger partial charge in [-0.15, -0.1) is 0 Å². The molecule has 1 N–H and O–H groups in total. The van der Waals surface area contributed by atoms with Gasteiger partial charge in [0, 0.05) is 26.2 Å². The molecule has 3 aromatic carbocycles. The Morgan fingerprint density at radius 2 is 1.52 bits per heavy atom. The van der Waals surface area contributed by atoms with Crippen LogP contribution in [0.5, 0.6) is 0 Å². The van der Waals surface area contributed by atoms with Crippen LogP contribution >= 0.6 is 46.4 Å². The van der Waals surface area contributed by atoms with Gasteiger partial charge in [-0.3, -0.25) is 9.10 Å². The molecule has 0 spiro atoms. The molecule has 0 aliphatic carbocycles. The fourth-order valence-corrected chi connectivity index (χ4v) is 4.52. The first kappa shape index (κ1) is 23.7. The van der Waals surface area contributed by atoms with E-state index in [1.165, 1.54) is 30.3 Å². The van der Waals surface area contributed by atoms with Crippen molar-refractivity contribution in [3.63, 3.8) is 0 Å². The maximum atomic E-state index is 12.6. The lowest BCUT2D eigenvalue weighted by Crippen LogP contribution is -2.29. The number of rotatable bonds is 6. The average molecular weight is 518 g/mol. The van der Waals surface area contributed by atoms with Crippen LogP contribution < -0.4 is 9.62 Å². The Morgan fingerprint density at radius 1 is 0.903 bits per heavy atom. The molecule has 0 fully saturated rings. The van der Waals surface area contributed by atoms with Gasteiger partial charge in [0.25, 0.3) is 5.91 Å². The van der Waals surface area contributed by atoms with E-state index >= 15 is 0 Å². The van der Waals surface area contributed by atoms with Crippen molar-refractivity contribution in [2.45, 2.75) is 6.54 Å². The van der Waals surface area contributed by atoms with Gasteiger partial charge in [0.2, 0.25) is 10.0 Å². The fourth-order valence-electron chi connectivity index (χ4n) is 2.79. The van der Waals surface area contributed by atoms with Gasteiger partial charge < -0.3 is 5.32 Å². The van der Waals surface area contributed by atoms with Crippen LogP contribution in [0.4, 0.5) is 11.4 Å². The molecule has 3 aromatic rings. The summed E-state index contributed by atoms with van der Waals surface area (Å²) in [5.41, 5.74) is 1.52. The van der Waals surface area contributed by atoms with Gasteiger partial charge in [0.15, 0.2) is 0 Å². The zero-order valence-electron chi connectivity index (χ0n) is 16.1. The van der Waals surface area contributed by atoms with Crippen molar-refractivity contribution in [2.75, 3.05) is 15.9 Å². The van der Waals surface area contributed by atoms with Gasteiger partial charge in [0.1, 0.15) is 0 Å². The maximum absolute atomic E-state index is 12.6. The van der Waals surface area contributed by atoms with E-state index in [4.69, 9.17) is 46.4 Å². The molecule has 10 heteroatoms. The second-order valence-corrected chi connectivity index (χ2v) is 10.2. The van der Waals surface area contributed by atoms with Crippen LogP contribution in [-0.2, 0) is 16.6 Å². The zero-order valence-corrected chi connectivity index (χ0v) is 19.9. The molecule has 31 heavy (non-hydrogen) atoms. The number of halogens is 4. The predicted molar refractivity (Wildman–Crippen MR) is 128 cm³/mol. The average Bonchev–Trinajstić information content (AvgIpc) is 2.70. The maximum Gasteiger partial charge on any atom is 0.255 e. The molecule has 0 radical (unpaired) electrons. The van der Waals surface area contributed by atoms with Crippen LogP contribution in [-0.4, -0.2) is 20.6 Å². The van der Waals surface area contributed by atoms with Crippen LogP contribution in [0.15, 0.2) is 60.7 Å². The highest BCUT2D eigenvalue weighted by Crippen LogP contribution is 2.30. The van der Waals surface area contributed by atoms with Gasteiger partial charge in [-0.25, -0.2) is 8.42 Å². The minimum Gasteiger partial charge on any atom is -0.321 e. The number of carbonyl (C=O) groups excluding carboxylic acids is 1. The standard InChI is InChI=1S/C21H16Cl4N2O3S/c1-31(29,30)27(12-16-17(23)3-2-4-18(16)24)15-8-5-13(6-9-15)21(28)26-20-11-14(22)7-10-19(20)25/h2-11H,12H2,1H3,(H,26,28). The number of hydrogen-bond acceptors (Lipinski definition) is 3. The molecule has 0 saturated carbocycles. The lowest BCUT2D eigenvalue weighted by Gasteiger charge is -2.23. The molecule has 0 aromatic heterocycles. The topological polar surface area (TPSA) is 66.5 Å². The Balaban J connectivity index is 1.86. The molecule has 162 valence electrons. The minimum absolute atomic E-state index is 0.0546. The molecular formula is C21H16Cl4N2O3S. The van der Waals surface area contributed by atoms with Crippen molar-refractivity contribution in [3.8, 4) is 0 Å². The summed E-state index contributed by atoms with van der Waals surface area (Å²) in [4.78, 5) is 12.6. The molecule has 0 aliphatic rings. The third-order valence-corrected chi connectivity index (χ3v) is 6.77. The van der Waals surface area contributed by atoms with E-state index in [1.807, 2.05) is 0 Å².